The highest BCUT2D eigenvalue weighted by Gasteiger charge is 2.19. The van der Waals surface area contributed by atoms with Gasteiger partial charge in [0.25, 0.3) is 0 Å². The minimum absolute atomic E-state index is 0.312. The van der Waals surface area contributed by atoms with Crippen molar-refractivity contribution in [3.05, 3.63) is 0 Å². The molecular formula is C29H60O3. The van der Waals surface area contributed by atoms with E-state index in [1.54, 1.807) is 0 Å². The fourth-order valence-electron chi connectivity index (χ4n) is 4.63. The van der Waals surface area contributed by atoms with E-state index in [0.717, 1.165) is 32.1 Å². The fraction of sp³-hybridized carbons (Fsp3) is 1.00. The summed E-state index contributed by atoms with van der Waals surface area (Å²) in [5.41, 5.74) is 0. The first-order chi connectivity index (χ1) is 15.6. The zero-order valence-electron chi connectivity index (χ0n) is 22.0. The largest absolute Gasteiger partial charge is 0.393 e. The van der Waals surface area contributed by atoms with Crippen molar-refractivity contribution in [2.45, 2.75) is 186 Å². The van der Waals surface area contributed by atoms with Gasteiger partial charge in [-0.1, -0.05) is 149 Å². The van der Waals surface area contributed by atoms with Gasteiger partial charge in [-0.2, -0.15) is 0 Å². The van der Waals surface area contributed by atoms with Crippen LogP contribution < -0.4 is 0 Å². The summed E-state index contributed by atoms with van der Waals surface area (Å²) >= 11 is 0. The van der Waals surface area contributed by atoms with Crippen molar-refractivity contribution >= 4 is 0 Å². The van der Waals surface area contributed by atoms with Gasteiger partial charge in [-0.15, -0.1) is 0 Å². The maximum absolute atomic E-state index is 10.1. The predicted octanol–water partition coefficient (Wildman–Crippen LogP) is 8.47. The van der Waals surface area contributed by atoms with E-state index in [-0.39, 0.29) is 0 Å². The van der Waals surface area contributed by atoms with Crippen molar-refractivity contribution in [3.63, 3.8) is 0 Å². The van der Waals surface area contributed by atoms with Crippen molar-refractivity contribution in [1.29, 1.82) is 0 Å². The fourth-order valence-corrected chi connectivity index (χ4v) is 4.63. The van der Waals surface area contributed by atoms with Gasteiger partial charge in [0.05, 0.1) is 18.3 Å². The van der Waals surface area contributed by atoms with E-state index in [2.05, 4.69) is 13.8 Å². The lowest BCUT2D eigenvalue weighted by Gasteiger charge is -2.20. The summed E-state index contributed by atoms with van der Waals surface area (Å²) in [6.45, 7) is 4.46. The van der Waals surface area contributed by atoms with Gasteiger partial charge in [-0.05, 0) is 12.8 Å². The average Bonchev–Trinajstić information content (AvgIpc) is 2.78. The Labute approximate surface area is 201 Å². The average molecular weight is 457 g/mol. The first-order valence-electron chi connectivity index (χ1n) is 14.7. The summed E-state index contributed by atoms with van der Waals surface area (Å²) in [5, 5.41) is 30.3. The summed E-state index contributed by atoms with van der Waals surface area (Å²) in [4.78, 5) is 0. The van der Waals surface area contributed by atoms with Crippen LogP contribution in [0.15, 0.2) is 0 Å². The van der Waals surface area contributed by atoms with E-state index < -0.39 is 18.3 Å². The van der Waals surface area contributed by atoms with Crippen LogP contribution in [-0.4, -0.2) is 33.6 Å². The zero-order valence-corrected chi connectivity index (χ0v) is 22.0. The molecule has 0 rings (SSSR count). The minimum atomic E-state index is -0.780. The molecule has 0 saturated carbocycles. The van der Waals surface area contributed by atoms with Crippen molar-refractivity contribution in [2.24, 2.45) is 0 Å². The van der Waals surface area contributed by atoms with E-state index in [4.69, 9.17) is 0 Å². The third kappa shape index (κ3) is 23.1. The third-order valence-corrected chi connectivity index (χ3v) is 6.95. The molecule has 0 saturated heterocycles. The molecule has 0 aliphatic carbocycles. The lowest BCUT2D eigenvalue weighted by molar-refractivity contribution is -0.0182. The lowest BCUT2D eigenvalue weighted by Crippen LogP contribution is -2.30. The van der Waals surface area contributed by atoms with Gasteiger partial charge in [0.2, 0.25) is 0 Å². The standard InChI is InChI=1S/C29H60O3/c1-3-5-7-9-10-11-12-13-14-15-16-17-18-19-20-21-23-25-28(31)29(32)26-27(30)24-22-8-6-4-2/h27-32H,3-26H2,1-2H3/t27-,28+,29-/m0/s1. The SMILES string of the molecule is CCCCCCCCCCCCCCCCCCC[C@@H](O)[C@@H](O)C[C@@H](O)CCCCCC. The number of hydrogen-bond acceptors (Lipinski definition) is 3. The molecule has 3 atom stereocenters. The van der Waals surface area contributed by atoms with Crippen LogP contribution in [-0.2, 0) is 0 Å². The Kier molecular flexibility index (Phi) is 25.4. The first kappa shape index (κ1) is 31.9. The molecule has 3 nitrogen and oxygen atoms in total. The second-order valence-corrected chi connectivity index (χ2v) is 10.3. The molecule has 0 unspecified atom stereocenters. The van der Waals surface area contributed by atoms with E-state index in [9.17, 15) is 15.3 Å². The maximum Gasteiger partial charge on any atom is 0.0823 e. The van der Waals surface area contributed by atoms with Gasteiger partial charge < -0.3 is 15.3 Å². The molecular weight excluding hydrogens is 396 g/mol. The molecule has 0 amide bonds. The van der Waals surface area contributed by atoms with Crippen LogP contribution in [0.4, 0.5) is 0 Å². The molecule has 0 aliphatic rings. The quantitative estimate of drug-likeness (QED) is 0.114. The van der Waals surface area contributed by atoms with Crippen LogP contribution in [0.5, 0.6) is 0 Å². The monoisotopic (exact) mass is 456 g/mol. The van der Waals surface area contributed by atoms with Crippen LogP contribution in [0.1, 0.15) is 168 Å². The van der Waals surface area contributed by atoms with Crippen LogP contribution in [0.2, 0.25) is 0 Å². The molecule has 3 N–H and O–H groups in total. The highest BCUT2D eigenvalue weighted by atomic mass is 16.3. The molecule has 0 heterocycles. The summed E-state index contributed by atoms with van der Waals surface area (Å²) in [5.74, 6) is 0. The smallest absolute Gasteiger partial charge is 0.0823 e. The van der Waals surface area contributed by atoms with Crippen molar-refractivity contribution in [2.75, 3.05) is 0 Å². The Morgan fingerprint density at radius 1 is 0.375 bits per heavy atom. The summed E-state index contributed by atoms with van der Waals surface area (Å²) in [6, 6.07) is 0. The van der Waals surface area contributed by atoms with E-state index in [1.165, 1.54) is 109 Å². The first-order valence-corrected chi connectivity index (χ1v) is 14.7. The molecule has 0 fully saturated rings. The second-order valence-electron chi connectivity index (χ2n) is 10.3. The minimum Gasteiger partial charge on any atom is -0.393 e. The predicted molar refractivity (Wildman–Crippen MR) is 140 cm³/mol. The van der Waals surface area contributed by atoms with Crippen molar-refractivity contribution in [1.82, 2.24) is 0 Å². The van der Waals surface area contributed by atoms with E-state index in [1.807, 2.05) is 0 Å². The molecule has 0 radical (unpaired) electrons. The summed E-state index contributed by atoms with van der Waals surface area (Å²) in [7, 11) is 0. The van der Waals surface area contributed by atoms with Crippen LogP contribution in [0.25, 0.3) is 0 Å². The van der Waals surface area contributed by atoms with Gasteiger partial charge in [0.15, 0.2) is 0 Å². The summed E-state index contributed by atoms with van der Waals surface area (Å²) in [6.07, 6.45) is 27.3. The molecule has 0 aromatic carbocycles. The second kappa shape index (κ2) is 25.5. The normalized spacial score (nSPS) is 14.5. The van der Waals surface area contributed by atoms with Gasteiger partial charge in [0.1, 0.15) is 0 Å². The lowest BCUT2D eigenvalue weighted by atomic mass is 9.98. The van der Waals surface area contributed by atoms with Gasteiger partial charge in [-0.25, -0.2) is 0 Å². The molecule has 3 heteroatoms. The van der Waals surface area contributed by atoms with E-state index in [0.29, 0.717) is 12.8 Å². The number of aliphatic hydroxyl groups is 3. The Morgan fingerprint density at radius 3 is 1.09 bits per heavy atom. The highest BCUT2D eigenvalue weighted by molar-refractivity contribution is 4.71. The number of unbranched alkanes of at least 4 members (excludes halogenated alkanes) is 19. The van der Waals surface area contributed by atoms with Gasteiger partial charge >= 0.3 is 0 Å². The molecule has 0 bridgehead atoms. The van der Waals surface area contributed by atoms with Gasteiger partial charge in [0, 0.05) is 6.42 Å². The highest BCUT2D eigenvalue weighted by Crippen LogP contribution is 2.17. The third-order valence-electron chi connectivity index (χ3n) is 6.95. The molecule has 0 aromatic rings. The molecule has 194 valence electrons. The number of aliphatic hydroxyl groups excluding tert-OH is 3. The van der Waals surface area contributed by atoms with Crippen molar-refractivity contribution < 1.29 is 15.3 Å². The van der Waals surface area contributed by atoms with Crippen LogP contribution >= 0.6 is 0 Å². The molecule has 0 aliphatic heterocycles. The Hall–Kier alpha value is -0.120. The molecule has 0 aromatic heterocycles. The Bertz CT molecular complexity index is 347. The summed E-state index contributed by atoms with van der Waals surface area (Å²) < 4.78 is 0. The van der Waals surface area contributed by atoms with Crippen LogP contribution in [0.3, 0.4) is 0 Å². The van der Waals surface area contributed by atoms with Crippen LogP contribution in [0, 0.1) is 0 Å². The van der Waals surface area contributed by atoms with Crippen molar-refractivity contribution in [3.8, 4) is 0 Å². The topological polar surface area (TPSA) is 60.7 Å². The maximum atomic E-state index is 10.1. The van der Waals surface area contributed by atoms with Gasteiger partial charge in [-0.3, -0.25) is 0 Å². The Morgan fingerprint density at radius 2 is 0.688 bits per heavy atom. The number of rotatable bonds is 26. The molecule has 32 heavy (non-hydrogen) atoms. The molecule has 0 spiro atoms. The zero-order chi connectivity index (χ0) is 23.7. The van der Waals surface area contributed by atoms with E-state index >= 15 is 0 Å². The Balaban J connectivity index is 3.33. The number of hydrogen-bond donors (Lipinski definition) is 3.